The summed E-state index contributed by atoms with van der Waals surface area (Å²) in [5.41, 5.74) is 1.08. The van der Waals surface area contributed by atoms with Crippen molar-refractivity contribution in [2.75, 3.05) is 0 Å². The summed E-state index contributed by atoms with van der Waals surface area (Å²) in [7, 11) is 0. The van der Waals surface area contributed by atoms with Gasteiger partial charge in [-0.25, -0.2) is 14.8 Å². The van der Waals surface area contributed by atoms with E-state index >= 15 is 0 Å². The lowest BCUT2D eigenvalue weighted by atomic mass is 10.1. The molecule has 1 aromatic heterocycles. The molecule has 0 spiro atoms. The Bertz CT molecular complexity index is 355. The summed E-state index contributed by atoms with van der Waals surface area (Å²) in [4.78, 5) is 18.6. The molecule has 1 heterocycles. The molecule has 0 aliphatic heterocycles. The fraction of sp³-hybridized carbons (Fsp3) is 0.300. The van der Waals surface area contributed by atoms with Crippen LogP contribution in [0, 0.1) is 6.92 Å². The predicted molar refractivity (Wildman–Crippen MR) is 52.7 cm³/mol. The highest BCUT2D eigenvalue weighted by Gasteiger charge is 2.03. The molecule has 0 amide bonds. The lowest BCUT2D eigenvalue weighted by Gasteiger charge is -1.97. The summed E-state index contributed by atoms with van der Waals surface area (Å²) in [6.07, 6.45) is 5.30. The molecule has 0 radical (unpaired) electrons. The summed E-state index contributed by atoms with van der Waals surface area (Å²) in [6.45, 7) is 3.58. The quantitative estimate of drug-likeness (QED) is 0.740. The molecule has 1 aromatic rings. The maximum atomic E-state index is 10.7. The summed E-state index contributed by atoms with van der Waals surface area (Å²) in [5.74, 6) is -0.219. The molecule has 0 atom stereocenters. The van der Waals surface area contributed by atoms with Gasteiger partial charge in [0.1, 0.15) is 5.82 Å². The zero-order valence-electron chi connectivity index (χ0n) is 8.19. The van der Waals surface area contributed by atoms with Crippen LogP contribution >= 0.6 is 0 Å². The molecule has 1 rings (SSSR count). The van der Waals surface area contributed by atoms with E-state index in [2.05, 4.69) is 9.97 Å². The Morgan fingerprint density at radius 3 is 2.50 bits per heavy atom. The molecular weight excluding hydrogens is 180 g/mol. The minimum atomic E-state index is -0.895. The van der Waals surface area contributed by atoms with Crippen molar-refractivity contribution in [1.82, 2.24) is 9.97 Å². The smallest absolute Gasteiger partial charge is 0.331 e. The van der Waals surface area contributed by atoms with Crippen LogP contribution in [0.25, 0.3) is 6.08 Å². The summed E-state index contributed by atoms with van der Waals surface area (Å²) in [6, 6.07) is 0. The third-order valence-corrected chi connectivity index (χ3v) is 1.80. The number of aromatic nitrogens is 2. The van der Waals surface area contributed by atoms with Gasteiger partial charge in [0.15, 0.2) is 0 Å². The molecule has 0 aliphatic carbocycles. The molecule has 0 saturated carbocycles. The molecule has 0 saturated heterocycles. The van der Waals surface area contributed by atoms with Crippen molar-refractivity contribution >= 4 is 12.0 Å². The summed E-state index contributed by atoms with van der Waals surface area (Å²) in [5, 5.41) is 8.78. The van der Waals surface area contributed by atoms with Crippen LogP contribution in [0.15, 0.2) is 18.0 Å². The lowest BCUT2D eigenvalue weighted by Crippen LogP contribution is -1.99. The monoisotopic (exact) mass is 192 g/mol. The molecule has 14 heavy (non-hydrogen) atoms. The van der Waals surface area contributed by atoms with Gasteiger partial charge in [0.2, 0.25) is 0 Å². The topological polar surface area (TPSA) is 63.1 Å². The maximum absolute atomic E-state index is 10.7. The van der Waals surface area contributed by atoms with Crippen LogP contribution in [0.2, 0.25) is 0 Å². The van der Waals surface area contributed by atoms with Gasteiger partial charge in [0, 0.05) is 23.5 Å². The third-order valence-electron chi connectivity index (χ3n) is 1.80. The normalized spacial score (nSPS) is 11.4. The van der Waals surface area contributed by atoms with Crippen LogP contribution in [0.4, 0.5) is 0 Å². The molecule has 0 bridgehead atoms. The van der Waals surface area contributed by atoms with Gasteiger partial charge in [-0.2, -0.15) is 0 Å². The molecule has 0 unspecified atom stereocenters. The highest BCUT2D eigenvalue weighted by molar-refractivity contribution is 5.91. The number of rotatable bonds is 3. The number of carboxylic acid groups (broad SMARTS) is 1. The highest BCUT2D eigenvalue weighted by Crippen LogP contribution is 2.08. The number of carbonyl (C=O) groups is 1. The van der Waals surface area contributed by atoms with Crippen LogP contribution in [0.5, 0.6) is 0 Å². The Hall–Kier alpha value is -1.71. The number of nitrogens with zero attached hydrogens (tertiary/aromatic N) is 2. The molecule has 0 aliphatic rings. The molecule has 0 fully saturated rings. The standard InChI is InChI=1S/C10H12N2O2/c1-3-9(10(13)14)4-8-5-11-7(2)12-6-8/h4-6H,3H2,1-2H3,(H,13,14). The van der Waals surface area contributed by atoms with E-state index < -0.39 is 5.97 Å². The Labute approximate surface area is 82.3 Å². The van der Waals surface area contributed by atoms with E-state index in [1.807, 2.05) is 0 Å². The molecule has 0 aromatic carbocycles. The van der Waals surface area contributed by atoms with E-state index in [1.165, 1.54) is 0 Å². The molecule has 4 nitrogen and oxygen atoms in total. The third kappa shape index (κ3) is 2.65. The van der Waals surface area contributed by atoms with Gasteiger partial charge < -0.3 is 5.11 Å². The second-order valence-corrected chi connectivity index (χ2v) is 2.89. The number of aryl methyl sites for hydroxylation is 1. The van der Waals surface area contributed by atoms with Gasteiger partial charge in [-0.05, 0) is 19.4 Å². The van der Waals surface area contributed by atoms with E-state index in [4.69, 9.17) is 5.11 Å². The zero-order valence-corrected chi connectivity index (χ0v) is 8.19. The van der Waals surface area contributed by atoms with Crippen LogP contribution < -0.4 is 0 Å². The number of hydrogen-bond donors (Lipinski definition) is 1. The second-order valence-electron chi connectivity index (χ2n) is 2.89. The van der Waals surface area contributed by atoms with Gasteiger partial charge in [0.05, 0.1) is 0 Å². The van der Waals surface area contributed by atoms with Crippen molar-refractivity contribution in [1.29, 1.82) is 0 Å². The van der Waals surface area contributed by atoms with E-state index in [-0.39, 0.29) is 0 Å². The zero-order chi connectivity index (χ0) is 10.6. The number of carboxylic acids is 1. The highest BCUT2D eigenvalue weighted by atomic mass is 16.4. The van der Waals surface area contributed by atoms with Crippen molar-refractivity contribution < 1.29 is 9.90 Å². The van der Waals surface area contributed by atoms with Crippen molar-refractivity contribution in [2.24, 2.45) is 0 Å². The van der Waals surface area contributed by atoms with Gasteiger partial charge in [-0.15, -0.1) is 0 Å². The molecule has 4 heteroatoms. The average Bonchev–Trinajstić information content (AvgIpc) is 2.16. The predicted octanol–water partition coefficient (Wildman–Crippen LogP) is 1.66. The summed E-state index contributed by atoms with van der Waals surface area (Å²) >= 11 is 0. The first-order valence-corrected chi connectivity index (χ1v) is 4.36. The summed E-state index contributed by atoms with van der Waals surface area (Å²) < 4.78 is 0. The van der Waals surface area contributed by atoms with Crippen LogP contribution in [0.1, 0.15) is 24.7 Å². The molecular formula is C10H12N2O2. The minimum Gasteiger partial charge on any atom is -0.478 e. The average molecular weight is 192 g/mol. The van der Waals surface area contributed by atoms with Crippen molar-refractivity contribution in [3.8, 4) is 0 Å². The lowest BCUT2D eigenvalue weighted by molar-refractivity contribution is -0.132. The van der Waals surface area contributed by atoms with Gasteiger partial charge in [0.25, 0.3) is 0 Å². The Balaban J connectivity index is 2.95. The van der Waals surface area contributed by atoms with Gasteiger partial charge >= 0.3 is 5.97 Å². The van der Waals surface area contributed by atoms with Crippen LogP contribution in [-0.4, -0.2) is 21.0 Å². The first-order chi connectivity index (χ1) is 6.63. The Morgan fingerprint density at radius 1 is 1.50 bits per heavy atom. The minimum absolute atomic E-state index is 0.359. The van der Waals surface area contributed by atoms with E-state index in [9.17, 15) is 4.79 Å². The van der Waals surface area contributed by atoms with E-state index in [0.29, 0.717) is 17.8 Å². The number of hydrogen-bond acceptors (Lipinski definition) is 3. The molecule has 1 N–H and O–H groups in total. The maximum Gasteiger partial charge on any atom is 0.331 e. The van der Waals surface area contributed by atoms with Crippen molar-refractivity contribution in [2.45, 2.75) is 20.3 Å². The number of aliphatic carboxylic acids is 1. The first-order valence-electron chi connectivity index (χ1n) is 4.36. The first kappa shape index (κ1) is 10.4. The van der Waals surface area contributed by atoms with Gasteiger partial charge in [-0.3, -0.25) is 0 Å². The van der Waals surface area contributed by atoms with E-state index in [1.54, 1.807) is 32.3 Å². The van der Waals surface area contributed by atoms with Crippen molar-refractivity contribution in [3.63, 3.8) is 0 Å². The fourth-order valence-corrected chi connectivity index (χ4v) is 0.993. The second kappa shape index (κ2) is 4.50. The largest absolute Gasteiger partial charge is 0.478 e. The van der Waals surface area contributed by atoms with Gasteiger partial charge in [-0.1, -0.05) is 6.92 Å². The van der Waals surface area contributed by atoms with Crippen molar-refractivity contribution in [3.05, 3.63) is 29.4 Å². The Kier molecular flexibility index (Phi) is 3.34. The fourth-order valence-electron chi connectivity index (χ4n) is 0.993. The Morgan fingerprint density at radius 2 is 2.07 bits per heavy atom. The van der Waals surface area contributed by atoms with Crippen LogP contribution in [-0.2, 0) is 4.79 Å². The molecule has 74 valence electrons. The SMILES string of the molecule is CCC(=Cc1cnc(C)nc1)C(=O)O. The van der Waals surface area contributed by atoms with E-state index in [0.717, 1.165) is 5.56 Å². The van der Waals surface area contributed by atoms with Crippen LogP contribution in [0.3, 0.4) is 0 Å².